The number of aliphatic hydroxyl groups excluding tert-OH is 1. The van der Waals surface area contributed by atoms with Gasteiger partial charge in [0.05, 0.1) is 22.3 Å². The van der Waals surface area contributed by atoms with Crippen LogP contribution in [0, 0.1) is 0 Å². The van der Waals surface area contributed by atoms with E-state index in [0.29, 0.717) is 0 Å². The zero-order valence-electron chi connectivity index (χ0n) is 9.13. The highest BCUT2D eigenvalue weighted by atomic mass is 32.1. The van der Waals surface area contributed by atoms with Crippen molar-refractivity contribution in [2.24, 2.45) is 0 Å². The van der Waals surface area contributed by atoms with Gasteiger partial charge in [0, 0.05) is 0 Å². The number of benzene rings is 2. The van der Waals surface area contributed by atoms with E-state index >= 15 is 0 Å². The molecule has 0 amide bonds. The molecule has 0 bridgehead atoms. The van der Waals surface area contributed by atoms with Gasteiger partial charge in [-0.05, 0) is 28.8 Å². The molecule has 3 aromatic rings. The van der Waals surface area contributed by atoms with Crippen LogP contribution in [0.1, 0.15) is 5.56 Å². The topological polar surface area (TPSA) is 33.1 Å². The molecule has 0 spiro atoms. The minimum Gasteiger partial charge on any atom is -0.392 e. The van der Waals surface area contributed by atoms with Gasteiger partial charge in [-0.25, -0.2) is 4.98 Å². The molecule has 0 unspecified atom stereocenters. The van der Waals surface area contributed by atoms with Gasteiger partial charge in [-0.2, -0.15) is 0 Å². The molecule has 0 aliphatic carbocycles. The predicted molar refractivity (Wildman–Crippen MR) is 71.0 cm³/mol. The molecule has 0 radical (unpaired) electrons. The third-order valence-corrected chi connectivity index (χ3v) is 3.61. The van der Waals surface area contributed by atoms with Crippen molar-refractivity contribution < 1.29 is 5.11 Å². The maximum Gasteiger partial charge on any atom is 0.0818 e. The van der Waals surface area contributed by atoms with Crippen LogP contribution >= 0.6 is 11.3 Å². The summed E-state index contributed by atoms with van der Waals surface area (Å²) in [7, 11) is 0. The van der Waals surface area contributed by atoms with Crippen molar-refractivity contribution in [3.05, 3.63) is 53.5 Å². The van der Waals surface area contributed by atoms with Gasteiger partial charge in [-0.15, -0.1) is 11.3 Å². The predicted octanol–water partition coefficient (Wildman–Crippen LogP) is 3.46. The quantitative estimate of drug-likeness (QED) is 0.745. The number of aliphatic hydroxyl groups is 1. The Balaban J connectivity index is 2.06. The molecule has 2 aromatic carbocycles. The second-order valence-electron chi connectivity index (χ2n) is 3.89. The first-order chi connectivity index (χ1) is 8.36. The first-order valence-electron chi connectivity index (χ1n) is 5.40. The van der Waals surface area contributed by atoms with E-state index in [9.17, 15) is 0 Å². The van der Waals surface area contributed by atoms with E-state index in [1.807, 2.05) is 29.8 Å². The second-order valence-corrected chi connectivity index (χ2v) is 4.78. The monoisotopic (exact) mass is 241 g/mol. The molecule has 0 aliphatic heterocycles. The molecule has 2 nitrogen and oxygen atoms in total. The molecule has 17 heavy (non-hydrogen) atoms. The number of nitrogens with zero attached hydrogens (tertiary/aromatic N) is 1. The smallest absolute Gasteiger partial charge is 0.0818 e. The highest BCUT2D eigenvalue weighted by Crippen LogP contribution is 2.25. The summed E-state index contributed by atoms with van der Waals surface area (Å²) in [4.78, 5) is 4.32. The van der Waals surface area contributed by atoms with Gasteiger partial charge in [-0.1, -0.05) is 30.3 Å². The van der Waals surface area contributed by atoms with E-state index in [1.54, 1.807) is 11.3 Å². The minimum atomic E-state index is 0.0887. The van der Waals surface area contributed by atoms with Gasteiger partial charge in [0.25, 0.3) is 0 Å². The molecule has 0 aliphatic rings. The van der Waals surface area contributed by atoms with E-state index in [2.05, 4.69) is 23.2 Å². The molecule has 0 saturated carbocycles. The van der Waals surface area contributed by atoms with Crippen LogP contribution in [0.25, 0.3) is 21.3 Å². The number of hydrogen-bond acceptors (Lipinski definition) is 3. The van der Waals surface area contributed by atoms with Crippen LogP contribution < -0.4 is 0 Å². The fraction of sp³-hybridized carbons (Fsp3) is 0.0714. The minimum absolute atomic E-state index is 0.0887. The molecule has 3 rings (SSSR count). The van der Waals surface area contributed by atoms with Crippen LogP contribution in [0.3, 0.4) is 0 Å². The fourth-order valence-electron chi connectivity index (χ4n) is 1.84. The average Bonchev–Trinajstić information content (AvgIpc) is 2.86. The van der Waals surface area contributed by atoms with Crippen molar-refractivity contribution in [3.8, 4) is 11.1 Å². The molecule has 0 saturated heterocycles. The average molecular weight is 241 g/mol. The number of hydrogen-bond donors (Lipinski definition) is 1. The third-order valence-electron chi connectivity index (χ3n) is 2.80. The largest absolute Gasteiger partial charge is 0.392 e. The summed E-state index contributed by atoms with van der Waals surface area (Å²) in [6.07, 6.45) is 0. The van der Waals surface area contributed by atoms with Crippen molar-refractivity contribution in [1.29, 1.82) is 0 Å². The van der Waals surface area contributed by atoms with Crippen LogP contribution in [0.15, 0.2) is 48.0 Å². The summed E-state index contributed by atoms with van der Waals surface area (Å²) >= 11 is 1.65. The Kier molecular flexibility index (Phi) is 2.63. The lowest BCUT2D eigenvalue weighted by Crippen LogP contribution is -1.83. The number of thiazole rings is 1. The molecule has 1 N–H and O–H groups in total. The van der Waals surface area contributed by atoms with Crippen molar-refractivity contribution in [2.75, 3.05) is 0 Å². The van der Waals surface area contributed by atoms with Crippen molar-refractivity contribution in [1.82, 2.24) is 4.98 Å². The van der Waals surface area contributed by atoms with Crippen LogP contribution in [0.4, 0.5) is 0 Å². The van der Waals surface area contributed by atoms with Gasteiger partial charge in [0.2, 0.25) is 0 Å². The second kappa shape index (κ2) is 4.28. The molecule has 84 valence electrons. The van der Waals surface area contributed by atoms with Gasteiger partial charge in [-0.3, -0.25) is 0 Å². The molecule has 0 fully saturated rings. The van der Waals surface area contributed by atoms with Crippen LogP contribution in [-0.4, -0.2) is 10.1 Å². The Morgan fingerprint density at radius 3 is 2.53 bits per heavy atom. The highest BCUT2D eigenvalue weighted by molar-refractivity contribution is 7.16. The standard InChI is InChI=1S/C14H11NOS/c16-8-10-1-3-11(4-2-10)12-5-6-14-13(7-12)15-9-17-14/h1-7,9,16H,8H2. The normalized spacial score (nSPS) is 10.9. The zero-order chi connectivity index (χ0) is 11.7. The van der Waals surface area contributed by atoms with Crippen molar-refractivity contribution in [2.45, 2.75) is 6.61 Å². The molecule has 1 heterocycles. The maximum atomic E-state index is 9.00. The van der Waals surface area contributed by atoms with Crippen LogP contribution in [0.5, 0.6) is 0 Å². The Bertz CT molecular complexity index is 643. The summed E-state index contributed by atoms with van der Waals surface area (Å²) in [6, 6.07) is 14.2. The van der Waals surface area contributed by atoms with Crippen LogP contribution in [0.2, 0.25) is 0 Å². The third kappa shape index (κ3) is 1.95. The number of aromatic nitrogens is 1. The first-order valence-corrected chi connectivity index (χ1v) is 6.28. The Labute approximate surface area is 103 Å². The van der Waals surface area contributed by atoms with E-state index in [1.165, 1.54) is 4.70 Å². The van der Waals surface area contributed by atoms with Crippen molar-refractivity contribution in [3.63, 3.8) is 0 Å². The lowest BCUT2D eigenvalue weighted by atomic mass is 10.0. The molecule has 3 heteroatoms. The number of rotatable bonds is 2. The van der Waals surface area contributed by atoms with Gasteiger partial charge in [0.1, 0.15) is 0 Å². The SMILES string of the molecule is OCc1ccc(-c2ccc3scnc3c2)cc1. The zero-order valence-corrected chi connectivity index (χ0v) is 9.95. The van der Waals surface area contributed by atoms with Gasteiger partial charge < -0.3 is 5.11 Å². The fourth-order valence-corrected chi connectivity index (χ4v) is 2.50. The van der Waals surface area contributed by atoms with E-state index in [0.717, 1.165) is 22.2 Å². The van der Waals surface area contributed by atoms with Crippen molar-refractivity contribution >= 4 is 21.6 Å². The number of fused-ring (bicyclic) bond motifs is 1. The summed E-state index contributed by atoms with van der Waals surface area (Å²) in [6.45, 7) is 0.0887. The molecular weight excluding hydrogens is 230 g/mol. The van der Waals surface area contributed by atoms with E-state index in [-0.39, 0.29) is 6.61 Å². The molecule has 1 aromatic heterocycles. The molecular formula is C14H11NOS. The first kappa shape index (κ1) is 10.4. The van der Waals surface area contributed by atoms with Gasteiger partial charge in [0.15, 0.2) is 0 Å². The van der Waals surface area contributed by atoms with E-state index in [4.69, 9.17) is 5.11 Å². The van der Waals surface area contributed by atoms with Gasteiger partial charge >= 0.3 is 0 Å². The summed E-state index contributed by atoms with van der Waals surface area (Å²) in [5, 5.41) is 9.00. The Morgan fingerprint density at radius 1 is 1.00 bits per heavy atom. The maximum absolute atomic E-state index is 9.00. The summed E-state index contributed by atoms with van der Waals surface area (Å²) in [5.74, 6) is 0. The Hall–Kier alpha value is -1.71. The highest BCUT2D eigenvalue weighted by Gasteiger charge is 2.01. The lowest BCUT2D eigenvalue weighted by molar-refractivity contribution is 0.282. The lowest BCUT2D eigenvalue weighted by Gasteiger charge is -2.02. The molecule has 0 atom stereocenters. The summed E-state index contributed by atoms with van der Waals surface area (Å²) < 4.78 is 1.21. The van der Waals surface area contributed by atoms with Crippen LogP contribution in [-0.2, 0) is 6.61 Å². The summed E-state index contributed by atoms with van der Waals surface area (Å²) in [5.41, 5.74) is 6.15. The Morgan fingerprint density at radius 2 is 1.76 bits per heavy atom. The van der Waals surface area contributed by atoms with E-state index < -0.39 is 0 Å².